The molecule has 0 radical (unpaired) electrons. The van der Waals surface area contributed by atoms with E-state index in [0.29, 0.717) is 18.0 Å². The van der Waals surface area contributed by atoms with Gasteiger partial charge in [-0.25, -0.2) is 8.42 Å². The number of carbonyl (C=O) groups excluding carboxylic acids is 1. The maximum Gasteiger partial charge on any atom is 0.241 e. The Morgan fingerprint density at radius 2 is 1.79 bits per heavy atom. The molecule has 0 saturated heterocycles. The van der Waals surface area contributed by atoms with E-state index in [9.17, 15) is 13.2 Å². The van der Waals surface area contributed by atoms with Gasteiger partial charge in [0.1, 0.15) is 0 Å². The molecule has 3 N–H and O–H groups in total. The van der Waals surface area contributed by atoms with Gasteiger partial charge < -0.3 is 11.1 Å². The predicted molar refractivity (Wildman–Crippen MR) is 75.6 cm³/mol. The second-order valence-corrected chi connectivity index (χ2v) is 7.04. The van der Waals surface area contributed by atoms with Crippen molar-refractivity contribution in [1.29, 1.82) is 0 Å². The van der Waals surface area contributed by atoms with Crippen LogP contribution in [0.15, 0.2) is 29.2 Å². The summed E-state index contributed by atoms with van der Waals surface area (Å²) in [5.41, 5.74) is 6.30. The van der Waals surface area contributed by atoms with Gasteiger partial charge in [0.25, 0.3) is 0 Å². The van der Waals surface area contributed by atoms with Crippen LogP contribution in [0.2, 0.25) is 0 Å². The van der Waals surface area contributed by atoms with Crippen LogP contribution in [0.4, 0.5) is 5.69 Å². The molecule has 0 fully saturated rings. The Morgan fingerprint density at radius 3 is 2.21 bits per heavy atom. The molecule has 0 aliphatic carbocycles. The average Bonchev–Trinajstić information content (AvgIpc) is 2.27. The first-order valence-electron chi connectivity index (χ1n) is 6.06. The molecule has 1 amide bonds. The second-order valence-electron chi connectivity index (χ2n) is 5.02. The zero-order chi connectivity index (χ0) is 14.6. The summed E-state index contributed by atoms with van der Waals surface area (Å²) in [5.74, 6) is 0.0779. The van der Waals surface area contributed by atoms with Crippen LogP contribution in [0.1, 0.15) is 20.3 Å². The molecule has 0 aromatic heterocycles. The Kier molecular flexibility index (Phi) is 5.08. The number of rotatable bonds is 5. The van der Waals surface area contributed by atoms with E-state index in [-0.39, 0.29) is 10.8 Å². The predicted octanol–water partition coefficient (Wildman–Crippen LogP) is 1.40. The number of hydrogen-bond acceptors (Lipinski definition) is 4. The van der Waals surface area contributed by atoms with Crippen LogP contribution >= 0.6 is 0 Å². The zero-order valence-electron chi connectivity index (χ0n) is 11.4. The van der Waals surface area contributed by atoms with E-state index >= 15 is 0 Å². The van der Waals surface area contributed by atoms with Crippen LogP contribution in [-0.4, -0.2) is 26.6 Å². The van der Waals surface area contributed by atoms with Gasteiger partial charge in [0.15, 0.2) is 9.84 Å². The lowest BCUT2D eigenvalue weighted by Crippen LogP contribution is -2.36. The van der Waals surface area contributed by atoms with Crippen molar-refractivity contribution < 1.29 is 13.2 Å². The van der Waals surface area contributed by atoms with Crippen molar-refractivity contribution in [3.63, 3.8) is 0 Å². The maximum absolute atomic E-state index is 11.8. The number of anilines is 1. The number of benzene rings is 1. The highest BCUT2D eigenvalue weighted by Crippen LogP contribution is 2.14. The molecule has 1 rings (SSSR count). The number of amides is 1. The lowest BCUT2D eigenvalue weighted by Gasteiger charge is -2.14. The summed E-state index contributed by atoms with van der Waals surface area (Å²) < 4.78 is 22.6. The summed E-state index contributed by atoms with van der Waals surface area (Å²) in [4.78, 5) is 12.0. The van der Waals surface area contributed by atoms with E-state index < -0.39 is 15.9 Å². The van der Waals surface area contributed by atoms with E-state index in [1.54, 1.807) is 12.1 Å². The van der Waals surface area contributed by atoms with E-state index in [1.165, 1.54) is 12.1 Å². The summed E-state index contributed by atoms with van der Waals surface area (Å²) in [5, 5.41) is 2.67. The lowest BCUT2D eigenvalue weighted by molar-refractivity contribution is -0.117. The minimum absolute atomic E-state index is 0.219. The third kappa shape index (κ3) is 5.00. The Labute approximate surface area is 114 Å². The van der Waals surface area contributed by atoms with Crippen LogP contribution in [0, 0.1) is 5.92 Å². The monoisotopic (exact) mass is 284 g/mol. The minimum atomic E-state index is -3.22. The largest absolute Gasteiger partial charge is 0.325 e. The molecule has 0 unspecified atom stereocenters. The molecule has 0 bridgehead atoms. The van der Waals surface area contributed by atoms with E-state index in [1.807, 2.05) is 13.8 Å². The lowest BCUT2D eigenvalue weighted by atomic mass is 10.0. The van der Waals surface area contributed by atoms with Crippen LogP contribution in [0.3, 0.4) is 0 Å². The highest BCUT2D eigenvalue weighted by Gasteiger charge is 2.15. The quantitative estimate of drug-likeness (QED) is 0.855. The average molecular weight is 284 g/mol. The Morgan fingerprint density at radius 1 is 1.26 bits per heavy atom. The van der Waals surface area contributed by atoms with Crippen molar-refractivity contribution in [2.45, 2.75) is 31.2 Å². The summed E-state index contributed by atoms with van der Waals surface area (Å²) in [7, 11) is -3.22. The first-order chi connectivity index (χ1) is 8.70. The first kappa shape index (κ1) is 15.7. The van der Waals surface area contributed by atoms with Crippen LogP contribution < -0.4 is 11.1 Å². The summed E-state index contributed by atoms with van der Waals surface area (Å²) >= 11 is 0. The number of hydrogen-bond donors (Lipinski definition) is 2. The molecule has 6 heteroatoms. The molecule has 0 spiro atoms. The first-order valence-corrected chi connectivity index (χ1v) is 7.96. The number of sulfone groups is 1. The van der Waals surface area contributed by atoms with Gasteiger partial charge in [-0.15, -0.1) is 0 Å². The second kappa shape index (κ2) is 6.16. The summed E-state index contributed by atoms with van der Waals surface area (Å²) in [6, 6.07) is 5.46. The third-order valence-corrected chi connectivity index (χ3v) is 3.74. The molecule has 1 aromatic rings. The van der Waals surface area contributed by atoms with Gasteiger partial charge in [-0.05, 0) is 36.6 Å². The van der Waals surface area contributed by atoms with Crippen molar-refractivity contribution >= 4 is 21.4 Å². The van der Waals surface area contributed by atoms with Crippen molar-refractivity contribution in [3.8, 4) is 0 Å². The summed E-state index contributed by atoms with van der Waals surface area (Å²) in [6.07, 6.45) is 1.74. The number of carbonyl (C=O) groups is 1. The highest BCUT2D eigenvalue weighted by molar-refractivity contribution is 7.90. The summed E-state index contributed by atoms with van der Waals surface area (Å²) in [6.45, 7) is 3.99. The maximum atomic E-state index is 11.8. The van der Waals surface area contributed by atoms with Gasteiger partial charge in [-0.2, -0.15) is 0 Å². The fourth-order valence-corrected chi connectivity index (χ4v) is 2.27. The fraction of sp³-hybridized carbons (Fsp3) is 0.462. The normalized spacial score (nSPS) is 13.3. The molecule has 19 heavy (non-hydrogen) atoms. The van der Waals surface area contributed by atoms with Gasteiger partial charge in [0.05, 0.1) is 10.9 Å². The molecule has 0 aliphatic rings. The van der Waals surface area contributed by atoms with Crippen molar-refractivity contribution in [2.75, 3.05) is 11.6 Å². The number of nitrogens with two attached hydrogens (primary N) is 1. The Bertz CT molecular complexity index is 536. The molecule has 1 aromatic carbocycles. The topological polar surface area (TPSA) is 89.3 Å². The van der Waals surface area contributed by atoms with E-state index in [2.05, 4.69) is 5.32 Å². The highest BCUT2D eigenvalue weighted by atomic mass is 32.2. The van der Waals surface area contributed by atoms with Gasteiger partial charge in [0, 0.05) is 11.9 Å². The van der Waals surface area contributed by atoms with Crippen molar-refractivity contribution in [1.82, 2.24) is 0 Å². The standard InChI is InChI=1S/C13H20N2O3S/c1-9(2)8-12(14)13(16)15-10-4-6-11(7-5-10)19(3,17)18/h4-7,9,12H,8,14H2,1-3H3,(H,15,16)/t12-/m1/s1. The van der Waals surface area contributed by atoms with Crippen molar-refractivity contribution in [3.05, 3.63) is 24.3 Å². The van der Waals surface area contributed by atoms with E-state index in [0.717, 1.165) is 6.26 Å². The number of nitrogens with one attached hydrogen (secondary N) is 1. The van der Waals surface area contributed by atoms with Gasteiger partial charge in [-0.1, -0.05) is 13.8 Å². The molecular formula is C13H20N2O3S. The molecule has 0 heterocycles. The minimum Gasteiger partial charge on any atom is -0.325 e. The van der Waals surface area contributed by atoms with Crippen molar-refractivity contribution in [2.24, 2.45) is 11.7 Å². The van der Waals surface area contributed by atoms with Gasteiger partial charge in [-0.3, -0.25) is 4.79 Å². The van der Waals surface area contributed by atoms with Crippen LogP contribution in [0.5, 0.6) is 0 Å². The molecular weight excluding hydrogens is 264 g/mol. The van der Waals surface area contributed by atoms with Crippen LogP contribution in [0.25, 0.3) is 0 Å². The van der Waals surface area contributed by atoms with Gasteiger partial charge >= 0.3 is 0 Å². The third-order valence-electron chi connectivity index (χ3n) is 2.61. The Hall–Kier alpha value is -1.40. The molecule has 5 nitrogen and oxygen atoms in total. The smallest absolute Gasteiger partial charge is 0.241 e. The molecule has 0 saturated carbocycles. The van der Waals surface area contributed by atoms with Crippen LogP contribution in [-0.2, 0) is 14.6 Å². The molecule has 106 valence electrons. The Balaban J connectivity index is 2.71. The molecule has 0 aliphatic heterocycles. The van der Waals surface area contributed by atoms with Gasteiger partial charge in [0.2, 0.25) is 5.91 Å². The van der Waals surface area contributed by atoms with E-state index in [4.69, 9.17) is 5.73 Å². The fourth-order valence-electron chi connectivity index (χ4n) is 1.64. The molecule has 1 atom stereocenters. The zero-order valence-corrected chi connectivity index (χ0v) is 12.2. The SMILES string of the molecule is CC(C)C[C@@H](N)C(=O)Nc1ccc(S(C)(=O)=O)cc1.